The summed E-state index contributed by atoms with van der Waals surface area (Å²) in [6, 6.07) is 7.50. The normalized spacial score (nSPS) is 15.8. The lowest BCUT2D eigenvalue weighted by Gasteiger charge is -2.34. The fourth-order valence-electron chi connectivity index (χ4n) is 2.46. The molecule has 0 unspecified atom stereocenters. The van der Waals surface area contributed by atoms with Crippen molar-refractivity contribution in [1.29, 1.82) is 0 Å². The van der Waals surface area contributed by atoms with Gasteiger partial charge in [0.15, 0.2) is 0 Å². The van der Waals surface area contributed by atoms with E-state index in [1.165, 1.54) is 0 Å². The molecule has 0 spiro atoms. The minimum Gasteiger partial charge on any atom is -0.491 e. The molecule has 0 atom stereocenters. The molecule has 1 saturated heterocycles. The fourth-order valence-corrected chi connectivity index (χ4v) is 2.65. The van der Waals surface area contributed by atoms with Crippen LogP contribution < -0.4 is 10.1 Å². The van der Waals surface area contributed by atoms with Crippen molar-refractivity contribution in [3.05, 3.63) is 29.3 Å². The van der Waals surface area contributed by atoms with Crippen LogP contribution in [0.3, 0.4) is 0 Å². The maximum Gasteiger partial charge on any atom is 0.223 e. The van der Waals surface area contributed by atoms with Crippen LogP contribution >= 0.6 is 11.6 Å². The molecule has 1 aliphatic heterocycles. The van der Waals surface area contributed by atoms with Gasteiger partial charge in [0, 0.05) is 45.7 Å². The Bertz CT molecular complexity index is 476. The summed E-state index contributed by atoms with van der Waals surface area (Å²) in [6.45, 7) is 5.60. The van der Waals surface area contributed by atoms with Gasteiger partial charge in [-0.2, -0.15) is 0 Å². The summed E-state index contributed by atoms with van der Waals surface area (Å²) in [4.78, 5) is 16.2. The molecule has 22 heavy (non-hydrogen) atoms. The van der Waals surface area contributed by atoms with Crippen molar-refractivity contribution in [2.75, 3.05) is 52.9 Å². The predicted octanol–water partition coefficient (Wildman–Crippen LogP) is 1.47. The van der Waals surface area contributed by atoms with E-state index < -0.39 is 0 Å². The van der Waals surface area contributed by atoms with E-state index in [4.69, 9.17) is 16.3 Å². The molecule has 1 aromatic carbocycles. The molecule has 1 fully saturated rings. The minimum atomic E-state index is 0.237. The molecule has 0 radical (unpaired) electrons. The van der Waals surface area contributed by atoms with E-state index in [9.17, 15) is 4.79 Å². The molecule has 122 valence electrons. The second-order valence-electron chi connectivity index (χ2n) is 5.35. The Morgan fingerprint density at radius 3 is 2.68 bits per heavy atom. The summed E-state index contributed by atoms with van der Waals surface area (Å²) in [5.74, 6) is 0.964. The highest BCUT2D eigenvalue weighted by molar-refractivity contribution is 6.32. The summed E-state index contributed by atoms with van der Waals surface area (Å²) in [5, 5.41) is 3.65. The molecule has 5 nitrogen and oxygen atoms in total. The molecule has 1 aromatic rings. The summed E-state index contributed by atoms with van der Waals surface area (Å²) >= 11 is 6.05. The zero-order valence-electron chi connectivity index (χ0n) is 13.1. The Morgan fingerprint density at radius 1 is 1.27 bits per heavy atom. The van der Waals surface area contributed by atoms with Crippen LogP contribution in [0.2, 0.25) is 5.02 Å². The monoisotopic (exact) mass is 325 g/mol. The summed E-state index contributed by atoms with van der Waals surface area (Å²) < 4.78 is 5.70. The smallest absolute Gasteiger partial charge is 0.223 e. The molecular weight excluding hydrogens is 302 g/mol. The number of rotatable bonds is 7. The Morgan fingerprint density at radius 2 is 2.00 bits per heavy atom. The van der Waals surface area contributed by atoms with Crippen molar-refractivity contribution < 1.29 is 9.53 Å². The number of amides is 1. The van der Waals surface area contributed by atoms with E-state index in [0.717, 1.165) is 45.0 Å². The van der Waals surface area contributed by atoms with Gasteiger partial charge in [-0.15, -0.1) is 0 Å². The highest BCUT2D eigenvalue weighted by Crippen LogP contribution is 2.22. The second-order valence-corrected chi connectivity index (χ2v) is 5.76. The standard InChI is InChI=1S/C16H24ClN3O2/c1-18-7-6-16(21)20-10-8-19(9-11-20)12-13-22-15-5-3-2-4-14(15)17/h2-5,18H,6-13H2,1H3. The first-order valence-corrected chi connectivity index (χ1v) is 8.10. The third kappa shape index (κ3) is 5.16. The maximum absolute atomic E-state index is 11.9. The fraction of sp³-hybridized carbons (Fsp3) is 0.562. The van der Waals surface area contributed by atoms with Gasteiger partial charge >= 0.3 is 0 Å². The molecule has 1 aliphatic rings. The average molecular weight is 326 g/mol. The van der Waals surface area contributed by atoms with Gasteiger partial charge in [0.1, 0.15) is 12.4 Å². The van der Waals surface area contributed by atoms with Crippen LogP contribution in [0.5, 0.6) is 5.75 Å². The zero-order valence-corrected chi connectivity index (χ0v) is 13.8. The number of halogens is 1. The lowest BCUT2D eigenvalue weighted by atomic mass is 10.2. The minimum absolute atomic E-state index is 0.237. The number of nitrogens with one attached hydrogen (secondary N) is 1. The molecular formula is C16H24ClN3O2. The third-order valence-corrected chi connectivity index (χ3v) is 4.13. The third-order valence-electron chi connectivity index (χ3n) is 3.82. The van der Waals surface area contributed by atoms with Crippen molar-refractivity contribution in [2.24, 2.45) is 0 Å². The molecule has 2 rings (SSSR count). The van der Waals surface area contributed by atoms with E-state index >= 15 is 0 Å². The van der Waals surface area contributed by atoms with Crippen LogP contribution in [0.1, 0.15) is 6.42 Å². The average Bonchev–Trinajstić information content (AvgIpc) is 2.55. The van der Waals surface area contributed by atoms with Gasteiger partial charge in [-0.3, -0.25) is 9.69 Å². The van der Waals surface area contributed by atoms with Crippen LogP contribution in [0, 0.1) is 0 Å². The van der Waals surface area contributed by atoms with Gasteiger partial charge in [0.2, 0.25) is 5.91 Å². The molecule has 0 saturated carbocycles. The van der Waals surface area contributed by atoms with E-state index in [2.05, 4.69) is 10.2 Å². The largest absolute Gasteiger partial charge is 0.491 e. The number of para-hydroxylation sites is 1. The number of nitrogens with zero attached hydrogens (tertiary/aromatic N) is 2. The van der Waals surface area contributed by atoms with E-state index in [-0.39, 0.29) is 5.91 Å². The van der Waals surface area contributed by atoms with Crippen molar-refractivity contribution in [1.82, 2.24) is 15.1 Å². The number of carbonyl (C=O) groups excluding carboxylic acids is 1. The predicted molar refractivity (Wildman–Crippen MR) is 88.5 cm³/mol. The topological polar surface area (TPSA) is 44.8 Å². The lowest BCUT2D eigenvalue weighted by molar-refractivity contribution is -0.132. The quantitative estimate of drug-likeness (QED) is 0.824. The van der Waals surface area contributed by atoms with Gasteiger partial charge in [0.05, 0.1) is 5.02 Å². The SMILES string of the molecule is CNCCC(=O)N1CCN(CCOc2ccccc2Cl)CC1. The Balaban J connectivity index is 1.65. The van der Waals surface area contributed by atoms with Gasteiger partial charge in [0.25, 0.3) is 0 Å². The second kappa shape index (κ2) is 8.98. The molecule has 1 heterocycles. The highest BCUT2D eigenvalue weighted by atomic mass is 35.5. The van der Waals surface area contributed by atoms with Crippen molar-refractivity contribution in [3.63, 3.8) is 0 Å². The molecule has 0 aromatic heterocycles. The van der Waals surface area contributed by atoms with Gasteiger partial charge < -0.3 is 15.0 Å². The molecule has 6 heteroatoms. The van der Waals surface area contributed by atoms with Gasteiger partial charge in [-0.1, -0.05) is 23.7 Å². The van der Waals surface area contributed by atoms with Crippen LogP contribution in [0.25, 0.3) is 0 Å². The maximum atomic E-state index is 11.9. The first kappa shape index (κ1) is 17.1. The van der Waals surface area contributed by atoms with Crippen LogP contribution in [0.4, 0.5) is 0 Å². The van der Waals surface area contributed by atoms with Crippen LogP contribution in [-0.4, -0.2) is 68.6 Å². The summed E-state index contributed by atoms with van der Waals surface area (Å²) in [5.41, 5.74) is 0. The van der Waals surface area contributed by atoms with Gasteiger partial charge in [-0.05, 0) is 19.2 Å². The van der Waals surface area contributed by atoms with E-state index in [1.54, 1.807) is 0 Å². The first-order valence-electron chi connectivity index (χ1n) is 7.73. The van der Waals surface area contributed by atoms with Crippen molar-refractivity contribution in [2.45, 2.75) is 6.42 Å². The number of benzene rings is 1. The number of carbonyl (C=O) groups is 1. The van der Waals surface area contributed by atoms with E-state index in [1.807, 2.05) is 36.2 Å². The Kier molecular flexibility index (Phi) is 6.96. The van der Waals surface area contributed by atoms with Gasteiger partial charge in [-0.25, -0.2) is 0 Å². The van der Waals surface area contributed by atoms with Crippen LogP contribution in [0.15, 0.2) is 24.3 Å². The van der Waals surface area contributed by atoms with E-state index in [0.29, 0.717) is 18.1 Å². The number of hydrogen-bond donors (Lipinski definition) is 1. The number of piperazine rings is 1. The Hall–Kier alpha value is -1.30. The summed E-state index contributed by atoms with van der Waals surface area (Å²) in [6.07, 6.45) is 0.576. The zero-order chi connectivity index (χ0) is 15.8. The molecule has 1 amide bonds. The first-order chi connectivity index (χ1) is 10.7. The number of ether oxygens (including phenoxy) is 1. The molecule has 1 N–H and O–H groups in total. The van der Waals surface area contributed by atoms with Crippen molar-refractivity contribution >= 4 is 17.5 Å². The Labute approximate surface area is 137 Å². The summed E-state index contributed by atoms with van der Waals surface area (Å²) in [7, 11) is 1.87. The van der Waals surface area contributed by atoms with Crippen LogP contribution in [-0.2, 0) is 4.79 Å². The highest BCUT2D eigenvalue weighted by Gasteiger charge is 2.20. The number of hydrogen-bond acceptors (Lipinski definition) is 4. The lowest BCUT2D eigenvalue weighted by Crippen LogP contribution is -2.49. The van der Waals surface area contributed by atoms with Crippen molar-refractivity contribution in [3.8, 4) is 5.75 Å². The molecule has 0 bridgehead atoms. The molecule has 0 aliphatic carbocycles.